The van der Waals surface area contributed by atoms with Crippen molar-refractivity contribution in [2.75, 3.05) is 39.3 Å². The molecule has 0 amide bonds. The molecule has 1 saturated heterocycles. The second-order valence-electron chi connectivity index (χ2n) is 4.57. The highest BCUT2D eigenvalue weighted by molar-refractivity contribution is 4.73. The van der Waals surface area contributed by atoms with Crippen LogP contribution >= 0.6 is 0 Å². The van der Waals surface area contributed by atoms with Gasteiger partial charge in [0.2, 0.25) is 0 Å². The first kappa shape index (κ1) is 12.9. The maximum absolute atomic E-state index is 8.76. The number of rotatable bonds is 7. The Morgan fingerprint density at radius 3 is 2.67 bits per heavy atom. The van der Waals surface area contributed by atoms with Crippen LogP contribution in [0.5, 0.6) is 0 Å². The van der Waals surface area contributed by atoms with Crippen LogP contribution in [-0.4, -0.2) is 49.3 Å². The number of aliphatic hydroxyl groups excluding tert-OH is 1. The van der Waals surface area contributed by atoms with Crippen LogP contribution in [0.3, 0.4) is 0 Å². The minimum absolute atomic E-state index is 0.331. The second-order valence-corrected chi connectivity index (χ2v) is 4.57. The third kappa shape index (κ3) is 5.50. The Labute approximate surface area is 93.9 Å². The van der Waals surface area contributed by atoms with Gasteiger partial charge in [-0.15, -0.1) is 0 Å². The monoisotopic (exact) mass is 214 g/mol. The van der Waals surface area contributed by atoms with Crippen molar-refractivity contribution in [2.45, 2.75) is 32.6 Å². The van der Waals surface area contributed by atoms with E-state index in [-0.39, 0.29) is 0 Å². The lowest BCUT2D eigenvalue weighted by molar-refractivity contribution is 0.166. The first-order valence-corrected chi connectivity index (χ1v) is 6.40. The molecule has 0 saturated carbocycles. The van der Waals surface area contributed by atoms with Gasteiger partial charge in [0.05, 0.1) is 0 Å². The molecule has 0 spiro atoms. The number of likely N-dealkylation sites (tertiary alicyclic amines) is 1. The van der Waals surface area contributed by atoms with Crippen LogP contribution in [0.1, 0.15) is 32.6 Å². The van der Waals surface area contributed by atoms with Crippen molar-refractivity contribution in [1.29, 1.82) is 0 Å². The van der Waals surface area contributed by atoms with Crippen molar-refractivity contribution in [1.82, 2.24) is 10.2 Å². The molecule has 15 heavy (non-hydrogen) atoms. The van der Waals surface area contributed by atoms with Crippen molar-refractivity contribution >= 4 is 0 Å². The second kappa shape index (κ2) is 8.08. The van der Waals surface area contributed by atoms with Gasteiger partial charge in [0, 0.05) is 13.2 Å². The summed E-state index contributed by atoms with van der Waals surface area (Å²) in [6.07, 6.45) is 4.80. The fraction of sp³-hybridized carbons (Fsp3) is 1.00. The van der Waals surface area contributed by atoms with Crippen LogP contribution in [0.25, 0.3) is 0 Å². The molecule has 0 atom stereocenters. The summed E-state index contributed by atoms with van der Waals surface area (Å²) in [4.78, 5) is 2.48. The Morgan fingerprint density at radius 2 is 2.07 bits per heavy atom. The molecule has 0 aromatic heterocycles. The largest absolute Gasteiger partial charge is 0.396 e. The van der Waals surface area contributed by atoms with Crippen LogP contribution in [0.2, 0.25) is 0 Å². The highest BCUT2D eigenvalue weighted by Gasteiger charge is 2.17. The topological polar surface area (TPSA) is 35.5 Å². The zero-order valence-corrected chi connectivity index (χ0v) is 10.0. The number of nitrogens with zero attached hydrogens (tertiary/aromatic N) is 1. The predicted molar refractivity (Wildman–Crippen MR) is 64.0 cm³/mol. The zero-order valence-electron chi connectivity index (χ0n) is 10.0. The zero-order chi connectivity index (χ0) is 10.9. The summed E-state index contributed by atoms with van der Waals surface area (Å²) in [6.45, 7) is 8.41. The summed E-state index contributed by atoms with van der Waals surface area (Å²) in [7, 11) is 0. The molecule has 2 N–H and O–H groups in total. The van der Waals surface area contributed by atoms with Gasteiger partial charge in [0.1, 0.15) is 0 Å². The maximum atomic E-state index is 8.76. The fourth-order valence-electron chi connectivity index (χ4n) is 2.19. The number of hydrogen-bond donors (Lipinski definition) is 2. The summed E-state index contributed by atoms with van der Waals surface area (Å²) in [6, 6.07) is 0. The SMILES string of the molecule is CCCNCC1CCN(CCCO)CC1. The molecule has 1 heterocycles. The van der Waals surface area contributed by atoms with Crippen molar-refractivity contribution in [2.24, 2.45) is 5.92 Å². The first-order valence-electron chi connectivity index (χ1n) is 6.40. The van der Waals surface area contributed by atoms with Gasteiger partial charge in [-0.2, -0.15) is 0 Å². The molecule has 0 aromatic rings. The first-order chi connectivity index (χ1) is 7.36. The van der Waals surface area contributed by atoms with Crippen molar-refractivity contribution in [3.05, 3.63) is 0 Å². The van der Waals surface area contributed by atoms with Crippen LogP contribution in [0.4, 0.5) is 0 Å². The van der Waals surface area contributed by atoms with Crippen LogP contribution in [-0.2, 0) is 0 Å². The molecule has 0 unspecified atom stereocenters. The molecule has 0 radical (unpaired) electrons. The van der Waals surface area contributed by atoms with Gasteiger partial charge in [-0.05, 0) is 57.8 Å². The molecule has 3 heteroatoms. The molecule has 1 rings (SSSR count). The third-order valence-electron chi connectivity index (χ3n) is 3.20. The van der Waals surface area contributed by atoms with E-state index < -0.39 is 0 Å². The van der Waals surface area contributed by atoms with Crippen molar-refractivity contribution in [3.8, 4) is 0 Å². The van der Waals surface area contributed by atoms with Gasteiger partial charge < -0.3 is 15.3 Å². The number of piperidine rings is 1. The minimum Gasteiger partial charge on any atom is -0.396 e. The molecule has 0 bridgehead atoms. The summed E-state index contributed by atoms with van der Waals surface area (Å²) in [5, 5.41) is 12.3. The van der Waals surface area contributed by atoms with Gasteiger partial charge in [0.15, 0.2) is 0 Å². The quantitative estimate of drug-likeness (QED) is 0.623. The van der Waals surface area contributed by atoms with E-state index in [4.69, 9.17) is 5.11 Å². The molecule has 1 aliphatic heterocycles. The van der Waals surface area contributed by atoms with E-state index in [2.05, 4.69) is 17.1 Å². The van der Waals surface area contributed by atoms with E-state index in [1.807, 2.05) is 0 Å². The Morgan fingerprint density at radius 1 is 1.33 bits per heavy atom. The maximum Gasteiger partial charge on any atom is 0.0443 e. The van der Waals surface area contributed by atoms with Gasteiger partial charge >= 0.3 is 0 Å². The van der Waals surface area contributed by atoms with E-state index in [0.717, 1.165) is 25.4 Å². The normalized spacial score (nSPS) is 19.6. The smallest absolute Gasteiger partial charge is 0.0443 e. The standard InChI is InChI=1S/C12H26N2O/c1-2-6-13-11-12-4-8-14(9-5-12)7-3-10-15/h12-13,15H,2-11H2,1H3. The van der Waals surface area contributed by atoms with Crippen molar-refractivity contribution in [3.63, 3.8) is 0 Å². The van der Waals surface area contributed by atoms with E-state index in [9.17, 15) is 0 Å². The van der Waals surface area contributed by atoms with Crippen molar-refractivity contribution < 1.29 is 5.11 Å². The lowest BCUT2D eigenvalue weighted by Gasteiger charge is -2.31. The Kier molecular flexibility index (Phi) is 6.98. The van der Waals surface area contributed by atoms with Gasteiger partial charge in [0.25, 0.3) is 0 Å². The van der Waals surface area contributed by atoms with Crippen LogP contribution in [0, 0.1) is 5.92 Å². The molecule has 90 valence electrons. The molecule has 1 aliphatic rings. The number of nitrogens with one attached hydrogen (secondary N) is 1. The Bertz CT molecular complexity index is 145. The molecule has 1 fully saturated rings. The van der Waals surface area contributed by atoms with Gasteiger partial charge in [-0.1, -0.05) is 6.92 Å². The van der Waals surface area contributed by atoms with Gasteiger partial charge in [-0.3, -0.25) is 0 Å². The highest BCUT2D eigenvalue weighted by Crippen LogP contribution is 2.16. The molecule has 3 nitrogen and oxygen atoms in total. The van der Waals surface area contributed by atoms with E-state index >= 15 is 0 Å². The van der Waals surface area contributed by atoms with E-state index in [1.54, 1.807) is 0 Å². The molecular formula is C12H26N2O. The Hall–Kier alpha value is -0.120. The van der Waals surface area contributed by atoms with Crippen LogP contribution in [0.15, 0.2) is 0 Å². The van der Waals surface area contributed by atoms with Crippen LogP contribution < -0.4 is 5.32 Å². The summed E-state index contributed by atoms with van der Waals surface area (Å²) < 4.78 is 0. The molecule has 0 aliphatic carbocycles. The Balaban J connectivity index is 2.02. The third-order valence-corrected chi connectivity index (χ3v) is 3.20. The average Bonchev–Trinajstić information content (AvgIpc) is 2.28. The lowest BCUT2D eigenvalue weighted by atomic mass is 9.96. The summed E-state index contributed by atoms with van der Waals surface area (Å²) in [5.41, 5.74) is 0. The molecular weight excluding hydrogens is 188 g/mol. The highest BCUT2D eigenvalue weighted by atomic mass is 16.3. The van der Waals surface area contributed by atoms with E-state index in [1.165, 1.54) is 38.9 Å². The number of hydrogen-bond acceptors (Lipinski definition) is 3. The molecule has 0 aromatic carbocycles. The van der Waals surface area contributed by atoms with E-state index in [0.29, 0.717) is 6.61 Å². The fourth-order valence-corrected chi connectivity index (χ4v) is 2.19. The predicted octanol–water partition coefficient (Wildman–Crippen LogP) is 1.08. The van der Waals surface area contributed by atoms with Gasteiger partial charge in [-0.25, -0.2) is 0 Å². The summed E-state index contributed by atoms with van der Waals surface area (Å²) in [5.74, 6) is 0.877. The minimum atomic E-state index is 0.331. The number of aliphatic hydroxyl groups is 1. The lowest BCUT2D eigenvalue weighted by Crippen LogP contribution is -2.38. The summed E-state index contributed by atoms with van der Waals surface area (Å²) >= 11 is 0. The average molecular weight is 214 g/mol.